The molecule has 1 saturated heterocycles. The highest BCUT2D eigenvalue weighted by molar-refractivity contribution is 4.73. The molecule has 0 bridgehead atoms. The summed E-state index contributed by atoms with van der Waals surface area (Å²) in [5.74, 6) is 4.02. The SMILES string of the molecule is N[O].OCCC1CNC1. The molecule has 1 rings (SSSR count). The zero-order valence-electron chi connectivity index (χ0n) is 5.34. The highest BCUT2D eigenvalue weighted by Crippen LogP contribution is 2.05. The predicted molar refractivity (Wildman–Crippen MR) is 32.9 cm³/mol. The summed E-state index contributed by atoms with van der Waals surface area (Å²) in [6.45, 7) is 2.58. The van der Waals surface area contributed by atoms with Crippen LogP contribution in [-0.2, 0) is 5.21 Å². The Hall–Kier alpha value is -0.160. The van der Waals surface area contributed by atoms with Crippen molar-refractivity contribution in [3.8, 4) is 0 Å². The Labute approximate surface area is 54.6 Å². The summed E-state index contributed by atoms with van der Waals surface area (Å²) in [5, 5.41) is 19.3. The molecule has 1 aliphatic heterocycles. The van der Waals surface area contributed by atoms with E-state index in [-0.39, 0.29) is 0 Å². The van der Waals surface area contributed by atoms with Gasteiger partial charge in [-0.3, -0.25) is 0 Å². The third kappa shape index (κ3) is 3.42. The van der Waals surface area contributed by atoms with Crippen LogP contribution in [0.2, 0.25) is 0 Å². The van der Waals surface area contributed by atoms with Gasteiger partial charge in [-0.2, -0.15) is 5.90 Å². The van der Waals surface area contributed by atoms with Crippen LogP contribution in [0, 0.1) is 5.92 Å². The van der Waals surface area contributed by atoms with Gasteiger partial charge in [0, 0.05) is 6.61 Å². The fourth-order valence-electron chi connectivity index (χ4n) is 0.735. The van der Waals surface area contributed by atoms with Gasteiger partial charge in [0.15, 0.2) is 0 Å². The molecule has 0 saturated carbocycles. The van der Waals surface area contributed by atoms with Gasteiger partial charge in [-0.15, -0.1) is 5.21 Å². The van der Waals surface area contributed by atoms with Gasteiger partial charge < -0.3 is 10.4 Å². The first kappa shape index (κ1) is 8.84. The van der Waals surface area contributed by atoms with E-state index in [1.165, 1.54) is 0 Å². The van der Waals surface area contributed by atoms with Crippen LogP contribution >= 0.6 is 0 Å². The van der Waals surface area contributed by atoms with Crippen LogP contribution in [0.4, 0.5) is 0 Å². The average Bonchev–Trinajstić information content (AvgIpc) is 1.84. The van der Waals surface area contributed by atoms with Crippen LogP contribution in [0.5, 0.6) is 0 Å². The lowest BCUT2D eigenvalue weighted by Crippen LogP contribution is -2.42. The van der Waals surface area contributed by atoms with Crippen molar-refractivity contribution in [2.45, 2.75) is 6.42 Å². The van der Waals surface area contributed by atoms with Crippen LogP contribution < -0.4 is 11.2 Å². The fraction of sp³-hybridized carbons (Fsp3) is 1.00. The van der Waals surface area contributed by atoms with Gasteiger partial charge in [-0.05, 0) is 25.4 Å². The molecule has 1 aliphatic rings. The molecule has 0 aliphatic carbocycles. The Morgan fingerprint density at radius 1 is 1.56 bits per heavy atom. The van der Waals surface area contributed by atoms with Gasteiger partial charge in [0.05, 0.1) is 0 Å². The van der Waals surface area contributed by atoms with Crippen molar-refractivity contribution in [3.05, 3.63) is 0 Å². The first-order chi connectivity index (χ1) is 4.43. The van der Waals surface area contributed by atoms with Gasteiger partial charge in [0.25, 0.3) is 0 Å². The molecule has 0 amide bonds. The first-order valence-electron chi connectivity index (χ1n) is 2.98. The van der Waals surface area contributed by atoms with E-state index in [9.17, 15) is 0 Å². The number of hydrogen-bond donors (Lipinski definition) is 3. The van der Waals surface area contributed by atoms with Crippen molar-refractivity contribution in [3.63, 3.8) is 0 Å². The van der Waals surface area contributed by atoms with Crippen LogP contribution in [0.15, 0.2) is 0 Å². The smallest absolute Gasteiger partial charge is 0.0434 e. The highest BCUT2D eigenvalue weighted by Gasteiger charge is 2.14. The quantitative estimate of drug-likeness (QED) is 0.417. The Balaban J connectivity index is 0.000000291. The van der Waals surface area contributed by atoms with E-state index >= 15 is 0 Å². The van der Waals surface area contributed by atoms with E-state index in [0.29, 0.717) is 6.61 Å². The van der Waals surface area contributed by atoms with Crippen LogP contribution in [-0.4, -0.2) is 24.8 Å². The lowest BCUT2D eigenvalue weighted by atomic mass is 10.0. The lowest BCUT2D eigenvalue weighted by molar-refractivity contribution is 0.201. The highest BCUT2D eigenvalue weighted by atomic mass is 16.4. The van der Waals surface area contributed by atoms with Crippen LogP contribution in [0.1, 0.15) is 6.42 Å². The standard InChI is InChI=1S/C5H11NO.H2NO/c7-2-1-5-3-6-4-5;1-2/h5-7H,1-4H2;1H2. The van der Waals surface area contributed by atoms with Crippen molar-refractivity contribution in [2.75, 3.05) is 19.7 Å². The summed E-state index contributed by atoms with van der Waals surface area (Å²) in [4.78, 5) is 0. The Morgan fingerprint density at radius 3 is 2.22 bits per heavy atom. The van der Waals surface area contributed by atoms with E-state index in [1.807, 2.05) is 0 Å². The minimum atomic E-state index is 0.354. The van der Waals surface area contributed by atoms with Crippen LogP contribution in [0.25, 0.3) is 0 Å². The second kappa shape index (κ2) is 5.97. The Bertz CT molecular complexity index is 56.9. The van der Waals surface area contributed by atoms with Crippen molar-refractivity contribution in [1.29, 1.82) is 0 Å². The van der Waals surface area contributed by atoms with Crippen molar-refractivity contribution in [2.24, 2.45) is 11.8 Å². The molecule has 4 heteroatoms. The third-order valence-electron chi connectivity index (χ3n) is 1.40. The Kier molecular flexibility index (Phi) is 5.86. The molecule has 0 atom stereocenters. The zero-order valence-corrected chi connectivity index (χ0v) is 5.34. The molecule has 0 aromatic rings. The largest absolute Gasteiger partial charge is 0.396 e. The van der Waals surface area contributed by atoms with Crippen molar-refractivity contribution >= 4 is 0 Å². The first-order valence-corrected chi connectivity index (χ1v) is 2.98. The molecule has 0 spiro atoms. The van der Waals surface area contributed by atoms with Crippen molar-refractivity contribution in [1.82, 2.24) is 5.32 Å². The van der Waals surface area contributed by atoms with E-state index in [2.05, 4.69) is 11.2 Å². The van der Waals surface area contributed by atoms with Gasteiger partial charge >= 0.3 is 0 Å². The molecule has 0 unspecified atom stereocenters. The predicted octanol–water partition coefficient (Wildman–Crippen LogP) is -1.12. The van der Waals surface area contributed by atoms with Gasteiger partial charge in [-0.1, -0.05) is 0 Å². The molecule has 9 heavy (non-hydrogen) atoms. The summed E-state index contributed by atoms with van der Waals surface area (Å²) in [7, 11) is 0. The molecule has 1 heterocycles. The number of nitrogens with one attached hydrogen (secondary N) is 1. The minimum Gasteiger partial charge on any atom is -0.396 e. The number of aliphatic hydroxyl groups is 1. The number of aliphatic hydroxyl groups excluding tert-OH is 1. The summed E-state index contributed by atoms with van der Waals surface area (Å²) in [6, 6.07) is 0. The monoisotopic (exact) mass is 133 g/mol. The van der Waals surface area contributed by atoms with Crippen LogP contribution in [0.3, 0.4) is 0 Å². The molecular formula is C5H13N2O2. The van der Waals surface area contributed by atoms with Gasteiger partial charge in [-0.25, -0.2) is 0 Å². The molecule has 4 N–H and O–H groups in total. The average molecular weight is 133 g/mol. The summed E-state index contributed by atoms with van der Waals surface area (Å²) < 4.78 is 0. The second-order valence-electron chi connectivity index (χ2n) is 2.04. The summed E-state index contributed by atoms with van der Waals surface area (Å²) in [6.07, 6.45) is 0.979. The molecule has 4 nitrogen and oxygen atoms in total. The molecule has 1 fully saturated rings. The second-order valence-corrected chi connectivity index (χ2v) is 2.04. The number of nitrogens with two attached hydrogens (primary N) is 1. The topological polar surface area (TPSA) is 78.2 Å². The maximum absolute atomic E-state index is 8.37. The third-order valence-corrected chi connectivity index (χ3v) is 1.40. The molecule has 0 aromatic heterocycles. The number of hydrogen-bond acceptors (Lipinski definition) is 3. The zero-order chi connectivity index (χ0) is 7.11. The van der Waals surface area contributed by atoms with E-state index in [0.717, 1.165) is 25.4 Å². The van der Waals surface area contributed by atoms with E-state index in [1.54, 1.807) is 0 Å². The summed E-state index contributed by atoms with van der Waals surface area (Å²) in [5.41, 5.74) is 0. The maximum atomic E-state index is 8.37. The molecule has 1 radical (unpaired) electrons. The molecule has 55 valence electrons. The molecular weight excluding hydrogens is 120 g/mol. The van der Waals surface area contributed by atoms with Gasteiger partial charge in [0.2, 0.25) is 0 Å². The maximum Gasteiger partial charge on any atom is 0.0434 e. The van der Waals surface area contributed by atoms with Gasteiger partial charge in [0.1, 0.15) is 0 Å². The summed E-state index contributed by atoms with van der Waals surface area (Å²) >= 11 is 0. The lowest BCUT2D eigenvalue weighted by Gasteiger charge is -2.25. The Morgan fingerprint density at radius 2 is 2.11 bits per heavy atom. The normalized spacial score (nSPS) is 17.7. The van der Waals surface area contributed by atoms with E-state index in [4.69, 9.17) is 10.3 Å². The molecule has 0 aromatic carbocycles. The fourth-order valence-corrected chi connectivity index (χ4v) is 0.735. The van der Waals surface area contributed by atoms with E-state index < -0.39 is 0 Å². The van der Waals surface area contributed by atoms with Crippen molar-refractivity contribution < 1.29 is 10.3 Å². The number of rotatable bonds is 2. The minimum absolute atomic E-state index is 0.354.